The molecule has 11 N–H and O–H groups in total. The molecule has 5 fully saturated rings. The second-order valence-electron chi connectivity index (χ2n) is 17.7. The van der Waals surface area contributed by atoms with Gasteiger partial charge in [0.1, 0.15) is 61.0 Å². The molecular formula is C42H69N5O23. The summed E-state index contributed by atoms with van der Waals surface area (Å²) in [6, 6.07) is -5.65. The van der Waals surface area contributed by atoms with Crippen molar-refractivity contribution in [3.8, 4) is 0 Å². The summed E-state index contributed by atoms with van der Waals surface area (Å²) in [5.74, 6) is -0.369. The molecule has 5 saturated heterocycles. The van der Waals surface area contributed by atoms with Crippen molar-refractivity contribution < 1.29 is 112 Å². The van der Waals surface area contributed by atoms with Crippen LogP contribution < -0.4 is 26.6 Å². The predicted molar refractivity (Wildman–Crippen MR) is 229 cm³/mol. The number of aliphatic hydroxyl groups is 6. The summed E-state index contributed by atoms with van der Waals surface area (Å²) in [7, 11) is 1.29. The summed E-state index contributed by atoms with van der Waals surface area (Å²) in [6.45, 7) is 7.59. The molecule has 28 heteroatoms. The molecule has 0 aromatic heterocycles. The summed E-state index contributed by atoms with van der Waals surface area (Å²) >= 11 is 0. The lowest BCUT2D eigenvalue weighted by Gasteiger charge is -2.51. The van der Waals surface area contributed by atoms with Crippen LogP contribution in [-0.2, 0) is 80.9 Å². The van der Waals surface area contributed by atoms with Crippen LogP contribution in [0, 0.1) is 0 Å². The van der Waals surface area contributed by atoms with Crippen molar-refractivity contribution in [2.24, 2.45) is 0 Å². The molecule has 400 valence electrons. The van der Waals surface area contributed by atoms with Crippen molar-refractivity contribution in [3.05, 3.63) is 0 Å². The zero-order valence-corrected chi connectivity index (χ0v) is 39.5. The molecule has 25 atom stereocenters. The largest absolute Gasteiger partial charge is 0.469 e. The summed E-state index contributed by atoms with van der Waals surface area (Å²) in [5.41, 5.74) is 0. The molecule has 5 aliphatic rings. The highest BCUT2D eigenvalue weighted by molar-refractivity contribution is 5.69. The first kappa shape index (κ1) is 57.1. The summed E-state index contributed by atoms with van der Waals surface area (Å²) in [5, 5.41) is 81.5. The second-order valence-corrected chi connectivity index (χ2v) is 17.7. The Labute approximate surface area is 402 Å². The number of nitrogens with one attached hydrogen (secondary N) is 5. The van der Waals surface area contributed by atoms with Gasteiger partial charge in [-0.3, -0.25) is 28.8 Å². The summed E-state index contributed by atoms with van der Waals surface area (Å²) in [4.78, 5) is 69.8. The third kappa shape index (κ3) is 13.4. The van der Waals surface area contributed by atoms with E-state index in [4.69, 9.17) is 47.4 Å². The van der Waals surface area contributed by atoms with Crippen molar-refractivity contribution in [2.45, 2.75) is 214 Å². The summed E-state index contributed by atoms with van der Waals surface area (Å²) < 4.78 is 65.9. The number of amides is 5. The molecule has 28 nitrogen and oxygen atoms in total. The topological polar surface area (TPSA) is 385 Å². The SMILES string of the molecule is COC(=O)CCCCCO[C@H]1OC(C)[C@@H](NC=O)C(O)[C@H]1O[C@H]1OC(C)[C@@H](NC=O)C(O)[C@H]1O[C@H]1OC(C)[C@@H](NC=O)C(O[C@H]2OC(C)[C@@H](NC=O)C(O)[C@H]2O[C@H]2OC(C)[C@@H](NC=O)C(O)[C@H]2O)[C@H]1O. The predicted octanol–water partition coefficient (Wildman–Crippen LogP) is -6.26. The molecule has 0 saturated carbocycles. The van der Waals surface area contributed by atoms with E-state index in [1.165, 1.54) is 34.8 Å². The third-order valence-corrected chi connectivity index (χ3v) is 13.2. The maximum atomic E-state index is 12.1. The number of aliphatic hydroxyl groups excluding tert-OH is 6. The van der Waals surface area contributed by atoms with Gasteiger partial charge in [0, 0.05) is 13.0 Å². The highest BCUT2D eigenvalue weighted by atomic mass is 16.8. The van der Waals surface area contributed by atoms with Crippen LogP contribution in [0.4, 0.5) is 0 Å². The quantitative estimate of drug-likeness (QED) is 0.0230. The average molecular weight is 1010 g/mol. The number of ether oxygens (including phenoxy) is 11. The standard InChI is InChI=1S/C42H69N5O23/c1-17-23(43-12-48)28(54)32(58)38(62-17)68-36-30(56)25(45-14-50)19(3)65-41(36)67-34-27(47-16-52)21(5)63-39(33(34)59)69-37-31(57)26(46-15-51)20(4)66-42(37)70-35-29(55)24(44-13-49)18(2)64-40(35)61-11-9-7-8-10-22(53)60-6/h12-21,23-42,54-59H,7-11H2,1-6H3,(H,43,48)(H,44,49)(H,45,50)(H,46,51)(H,47,52)/t17?,18?,19?,20?,21?,23-,24-,25-,26-,27-,28?,29?,30?,31?,32-,33-,34?,35-,36-,37-,38-,39-,40+,41-,42-/m1/s1. The number of carbonyl (C=O) groups is 6. The molecule has 5 amide bonds. The van der Waals surface area contributed by atoms with Crippen LogP contribution in [0.1, 0.15) is 60.3 Å². The molecule has 0 aliphatic carbocycles. The van der Waals surface area contributed by atoms with E-state index in [0.717, 1.165) is 0 Å². The smallest absolute Gasteiger partial charge is 0.305 e. The molecule has 5 heterocycles. The third-order valence-electron chi connectivity index (χ3n) is 13.2. The zero-order valence-electron chi connectivity index (χ0n) is 39.5. The molecule has 0 bridgehead atoms. The van der Waals surface area contributed by atoms with Gasteiger partial charge < -0.3 is 109 Å². The Bertz CT molecular complexity index is 1680. The minimum atomic E-state index is -1.95. The Hall–Kier alpha value is -3.82. The maximum absolute atomic E-state index is 12.1. The van der Waals surface area contributed by atoms with Crippen molar-refractivity contribution in [2.75, 3.05) is 13.7 Å². The molecule has 0 spiro atoms. The van der Waals surface area contributed by atoms with E-state index in [9.17, 15) is 59.4 Å². The first-order valence-electron chi connectivity index (χ1n) is 23.1. The Morgan fingerprint density at radius 1 is 0.429 bits per heavy atom. The molecular weight excluding hydrogens is 942 g/mol. The first-order valence-corrected chi connectivity index (χ1v) is 23.1. The van der Waals surface area contributed by atoms with E-state index in [0.29, 0.717) is 51.3 Å². The number of methoxy groups -OCH3 is 1. The van der Waals surface area contributed by atoms with Gasteiger partial charge in [0.15, 0.2) is 31.5 Å². The van der Waals surface area contributed by atoms with Crippen molar-refractivity contribution in [1.82, 2.24) is 26.6 Å². The minimum absolute atomic E-state index is 0.0689. The molecule has 10 unspecified atom stereocenters. The van der Waals surface area contributed by atoms with Crippen LogP contribution in [0.25, 0.3) is 0 Å². The van der Waals surface area contributed by atoms with Crippen LogP contribution in [0.2, 0.25) is 0 Å². The molecule has 0 radical (unpaired) electrons. The van der Waals surface area contributed by atoms with Crippen molar-refractivity contribution >= 4 is 38.0 Å². The van der Waals surface area contributed by atoms with E-state index in [-0.39, 0.29) is 19.0 Å². The van der Waals surface area contributed by atoms with Gasteiger partial charge in [-0.25, -0.2) is 0 Å². The first-order chi connectivity index (χ1) is 33.5. The fourth-order valence-corrected chi connectivity index (χ4v) is 9.30. The summed E-state index contributed by atoms with van der Waals surface area (Å²) in [6.07, 6.45) is -26.6. The van der Waals surface area contributed by atoms with E-state index in [1.54, 1.807) is 6.92 Å². The molecule has 5 aliphatic heterocycles. The lowest BCUT2D eigenvalue weighted by Crippen LogP contribution is -2.70. The lowest BCUT2D eigenvalue weighted by molar-refractivity contribution is -0.386. The van der Waals surface area contributed by atoms with E-state index < -0.39 is 153 Å². The Balaban J connectivity index is 1.43. The van der Waals surface area contributed by atoms with Gasteiger partial charge in [0.2, 0.25) is 32.1 Å². The van der Waals surface area contributed by atoms with E-state index >= 15 is 0 Å². The van der Waals surface area contributed by atoms with Gasteiger partial charge in [-0.1, -0.05) is 6.42 Å². The van der Waals surface area contributed by atoms with Gasteiger partial charge in [0.05, 0.1) is 67.8 Å². The van der Waals surface area contributed by atoms with Crippen LogP contribution in [0.5, 0.6) is 0 Å². The average Bonchev–Trinajstić information content (AvgIpc) is 3.32. The second kappa shape index (κ2) is 26.8. The molecule has 70 heavy (non-hydrogen) atoms. The number of carbonyl (C=O) groups excluding carboxylic acids is 6. The number of esters is 1. The van der Waals surface area contributed by atoms with Crippen molar-refractivity contribution in [3.63, 3.8) is 0 Å². The van der Waals surface area contributed by atoms with Crippen LogP contribution in [0.3, 0.4) is 0 Å². The van der Waals surface area contributed by atoms with E-state index in [2.05, 4.69) is 31.3 Å². The van der Waals surface area contributed by atoms with Gasteiger partial charge >= 0.3 is 5.97 Å². The Morgan fingerprint density at radius 2 is 0.771 bits per heavy atom. The highest BCUT2D eigenvalue weighted by Crippen LogP contribution is 2.36. The normalized spacial score (nSPS) is 44.2. The number of unbranched alkanes of at least 4 members (excludes halogenated alkanes) is 2. The van der Waals surface area contributed by atoms with Gasteiger partial charge in [-0.05, 0) is 47.5 Å². The van der Waals surface area contributed by atoms with Crippen LogP contribution in [-0.4, -0.2) is 236 Å². The Kier molecular flexibility index (Phi) is 21.8. The zero-order chi connectivity index (χ0) is 51.4. The number of hydrogen-bond donors (Lipinski definition) is 11. The number of hydrogen-bond acceptors (Lipinski definition) is 23. The molecule has 5 rings (SSSR count). The monoisotopic (exact) mass is 1010 g/mol. The fraction of sp³-hybridized carbons (Fsp3) is 0.857. The Morgan fingerprint density at radius 3 is 1.21 bits per heavy atom. The van der Waals surface area contributed by atoms with Crippen LogP contribution in [0.15, 0.2) is 0 Å². The van der Waals surface area contributed by atoms with Gasteiger partial charge in [-0.15, -0.1) is 0 Å². The molecule has 0 aromatic carbocycles. The number of rotatable bonds is 25. The minimum Gasteiger partial charge on any atom is -0.469 e. The molecule has 0 aromatic rings. The van der Waals surface area contributed by atoms with Crippen molar-refractivity contribution in [1.29, 1.82) is 0 Å². The van der Waals surface area contributed by atoms with Gasteiger partial charge in [-0.2, -0.15) is 0 Å². The lowest BCUT2D eigenvalue weighted by atomic mass is 9.93. The van der Waals surface area contributed by atoms with Crippen LogP contribution >= 0.6 is 0 Å². The fourth-order valence-electron chi connectivity index (χ4n) is 9.30. The van der Waals surface area contributed by atoms with Gasteiger partial charge in [0.25, 0.3) is 0 Å². The van der Waals surface area contributed by atoms with E-state index in [1.807, 2.05) is 0 Å². The highest BCUT2D eigenvalue weighted by Gasteiger charge is 2.56. The maximum Gasteiger partial charge on any atom is 0.305 e.